The van der Waals surface area contributed by atoms with Crippen LogP contribution in [0.3, 0.4) is 0 Å². The van der Waals surface area contributed by atoms with Crippen LogP contribution in [0, 0.1) is 0 Å². The molecule has 2 N–H and O–H groups in total. The van der Waals surface area contributed by atoms with Crippen LogP contribution in [0.4, 0.5) is 11.4 Å². The maximum absolute atomic E-state index is 12.0. The Labute approximate surface area is 188 Å². The summed E-state index contributed by atoms with van der Waals surface area (Å²) in [4.78, 5) is 12.0. The van der Waals surface area contributed by atoms with E-state index in [1.807, 2.05) is 12.1 Å². The molecule has 0 heterocycles. The molecule has 1 amide bonds. The Morgan fingerprint density at radius 3 is 2.21 bits per heavy atom. The predicted octanol–water partition coefficient (Wildman–Crippen LogP) is 6.93. The fourth-order valence-corrected chi connectivity index (χ4v) is 3.14. The number of amides is 1. The molecular weight excluding hydrogens is 454 g/mol. The van der Waals surface area contributed by atoms with Crippen molar-refractivity contribution in [2.24, 2.45) is 0 Å². The first kappa shape index (κ1) is 21.6. The summed E-state index contributed by atoms with van der Waals surface area (Å²) in [5.74, 6) is 0.130. The number of carbonyl (C=O) groups is 1. The molecule has 0 unspecified atom stereocenters. The van der Waals surface area contributed by atoms with Gasteiger partial charge in [-0.3, -0.25) is 4.79 Å². The lowest BCUT2D eigenvalue weighted by molar-refractivity contribution is -0.118. The van der Waals surface area contributed by atoms with Gasteiger partial charge < -0.3 is 15.4 Å². The van der Waals surface area contributed by atoms with Gasteiger partial charge in [0.05, 0.1) is 15.1 Å². The normalized spacial score (nSPS) is 10.5. The van der Waals surface area contributed by atoms with Crippen molar-refractivity contribution in [3.8, 4) is 5.75 Å². The highest BCUT2D eigenvalue weighted by molar-refractivity contribution is 6.42. The van der Waals surface area contributed by atoms with Gasteiger partial charge in [-0.15, -0.1) is 0 Å². The Kier molecular flexibility index (Phi) is 7.51. The average Bonchev–Trinajstić information content (AvgIpc) is 2.70. The van der Waals surface area contributed by atoms with Crippen LogP contribution in [0.1, 0.15) is 5.56 Å². The van der Waals surface area contributed by atoms with Gasteiger partial charge in [0.15, 0.2) is 6.61 Å². The Hall–Kier alpha value is -2.11. The second-order valence-electron chi connectivity index (χ2n) is 6.09. The van der Waals surface area contributed by atoms with Gasteiger partial charge >= 0.3 is 0 Å². The van der Waals surface area contributed by atoms with E-state index >= 15 is 0 Å². The van der Waals surface area contributed by atoms with Crippen molar-refractivity contribution in [2.75, 3.05) is 17.2 Å². The van der Waals surface area contributed by atoms with Crippen molar-refractivity contribution in [1.82, 2.24) is 0 Å². The highest BCUT2D eigenvalue weighted by Gasteiger charge is 2.08. The molecule has 0 bridgehead atoms. The van der Waals surface area contributed by atoms with Crippen molar-refractivity contribution < 1.29 is 9.53 Å². The van der Waals surface area contributed by atoms with Gasteiger partial charge in [0, 0.05) is 22.9 Å². The molecule has 0 aliphatic rings. The van der Waals surface area contributed by atoms with Gasteiger partial charge in [0.2, 0.25) is 0 Å². The van der Waals surface area contributed by atoms with E-state index in [1.54, 1.807) is 48.5 Å². The van der Waals surface area contributed by atoms with E-state index in [2.05, 4.69) is 10.6 Å². The van der Waals surface area contributed by atoms with Crippen LogP contribution in [0.2, 0.25) is 20.1 Å². The molecule has 0 saturated carbocycles. The number of halogens is 4. The SMILES string of the molecule is O=C(COc1ccc(CNc2ccc(Cl)c(Cl)c2)cc1Cl)Nc1ccc(Cl)cc1. The second-order valence-corrected chi connectivity index (χ2v) is 7.75. The largest absolute Gasteiger partial charge is 0.482 e. The third-order valence-corrected chi connectivity index (χ3v) is 5.19. The van der Waals surface area contributed by atoms with Gasteiger partial charge in [0.25, 0.3) is 5.91 Å². The molecule has 0 aliphatic carbocycles. The van der Waals surface area contributed by atoms with E-state index in [0.717, 1.165) is 11.3 Å². The molecule has 0 spiro atoms. The van der Waals surface area contributed by atoms with Gasteiger partial charge in [-0.25, -0.2) is 0 Å². The second kappa shape index (κ2) is 10.1. The summed E-state index contributed by atoms with van der Waals surface area (Å²) in [6.45, 7) is 0.373. The molecule has 3 rings (SSSR count). The fourth-order valence-electron chi connectivity index (χ4n) is 2.46. The molecular formula is C21H16Cl4N2O2. The zero-order chi connectivity index (χ0) is 20.8. The summed E-state index contributed by atoms with van der Waals surface area (Å²) in [5, 5.41) is 7.96. The van der Waals surface area contributed by atoms with Gasteiger partial charge in [0.1, 0.15) is 5.75 Å². The molecule has 0 atom stereocenters. The molecule has 0 saturated heterocycles. The summed E-state index contributed by atoms with van der Waals surface area (Å²) in [6, 6.07) is 17.5. The zero-order valence-electron chi connectivity index (χ0n) is 15.0. The van der Waals surface area contributed by atoms with Crippen LogP contribution < -0.4 is 15.4 Å². The first-order chi connectivity index (χ1) is 13.9. The summed E-state index contributed by atoms with van der Waals surface area (Å²) in [6.07, 6.45) is 0. The third-order valence-electron chi connectivity index (χ3n) is 3.90. The minimum atomic E-state index is -0.297. The molecule has 3 aromatic rings. The Balaban J connectivity index is 1.52. The quantitative estimate of drug-likeness (QED) is 0.394. The fraction of sp³-hybridized carbons (Fsp3) is 0.0952. The molecule has 0 aromatic heterocycles. The van der Waals surface area contributed by atoms with Gasteiger partial charge in [-0.2, -0.15) is 0 Å². The first-order valence-corrected chi connectivity index (χ1v) is 10.1. The summed E-state index contributed by atoms with van der Waals surface area (Å²) in [5.41, 5.74) is 2.42. The maximum Gasteiger partial charge on any atom is 0.262 e. The lowest BCUT2D eigenvalue weighted by Gasteiger charge is -2.11. The number of rotatable bonds is 7. The van der Waals surface area contributed by atoms with E-state index < -0.39 is 0 Å². The molecule has 150 valence electrons. The smallest absolute Gasteiger partial charge is 0.262 e. The van der Waals surface area contributed by atoms with Crippen molar-refractivity contribution in [1.29, 1.82) is 0 Å². The standard InChI is InChI=1S/C21H16Cl4N2O2/c22-14-2-4-15(5-3-14)27-21(28)12-29-20-8-1-13(9-19(20)25)11-26-16-6-7-17(23)18(24)10-16/h1-10,26H,11-12H2,(H,27,28). The first-order valence-electron chi connectivity index (χ1n) is 8.56. The van der Waals surface area contributed by atoms with E-state index in [-0.39, 0.29) is 12.5 Å². The van der Waals surface area contributed by atoms with E-state index in [1.165, 1.54) is 0 Å². The maximum atomic E-state index is 12.0. The highest BCUT2D eigenvalue weighted by Crippen LogP contribution is 2.27. The molecule has 4 nitrogen and oxygen atoms in total. The molecule has 0 aliphatic heterocycles. The molecule has 29 heavy (non-hydrogen) atoms. The molecule has 8 heteroatoms. The van der Waals surface area contributed by atoms with Gasteiger partial charge in [-0.1, -0.05) is 52.5 Å². The lowest BCUT2D eigenvalue weighted by atomic mass is 10.2. The van der Waals surface area contributed by atoms with Crippen molar-refractivity contribution in [3.05, 3.63) is 86.3 Å². The van der Waals surface area contributed by atoms with Crippen LogP contribution >= 0.6 is 46.4 Å². The summed E-state index contributed by atoms with van der Waals surface area (Å²) < 4.78 is 5.52. The number of benzene rings is 3. The highest BCUT2D eigenvalue weighted by atomic mass is 35.5. The minimum Gasteiger partial charge on any atom is -0.482 e. The minimum absolute atomic E-state index is 0.163. The lowest BCUT2D eigenvalue weighted by Crippen LogP contribution is -2.20. The van der Waals surface area contributed by atoms with Crippen molar-refractivity contribution >= 4 is 63.7 Å². The summed E-state index contributed by atoms with van der Waals surface area (Å²) >= 11 is 24.0. The molecule has 0 radical (unpaired) electrons. The van der Waals surface area contributed by atoms with E-state index in [0.29, 0.717) is 38.1 Å². The van der Waals surface area contributed by atoms with Gasteiger partial charge in [-0.05, 0) is 60.2 Å². The van der Waals surface area contributed by atoms with Crippen LogP contribution in [0.25, 0.3) is 0 Å². The number of anilines is 2. The monoisotopic (exact) mass is 468 g/mol. The average molecular weight is 470 g/mol. The Morgan fingerprint density at radius 1 is 0.793 bits per heavy atom. The van der Waals surface area contributed by atoms with Crippen LogP contribution in [0.5, 0.6) is 5.75 Å². The zero-order valence-corrected chi connectivity index (χ0v) is 18.0. The third kappa shape index (κ3) is 6.44. The Morgan fingerprint density at radius 2 is 1.52 bits per heavy atom. The topological polar surface area (TPSA) is 50.4 Å². The number of hydrogen-bond acceptors (Lipinski definition) is 3. The van der Waals surface area contributed by atoms with E-state index in [9.17, 15) is 4.79 Å². The van der Waals surface area contributed by atoms with Crippen LogP contribution in [-0.2, 0) is 11.3 Å². The molecule has 3 aromatic carbocycles. The summed E-state index contributed by atoms with van der Waals surface area (Å²) in [7, 11) is 0. The van der Waals surface area contributed by atoms with Crippen LogP contribution in [0.15, 0.2) is 60.7 Å². The van der Waals surface area contributed by atoms with E-state index in [4.69, 9.17) is 51.1 Å². The predicted molar refractivity (Wildman–Crippen MR) is 121 cm³/mol. The van der Waals surface area contributed by atoms with Crippen molar-refractivity contribution in [3.63, 3.8) is 0 Å². The molecule has 0 fully saturated rings. The van der Waals surface area contributed by atoms with Crippen LogP contribution in [-0.4, -0.2) is 12.5 Å². The number of hydrogen-bond donors (Lipinski definition) is 2. The number of nitrogens with one attached hydrogen (secondary N) is 2. The van der Waals surface area contributed by atoms with Crippen molar-refractivity contribution in [2.45, 2.75) is 6.54 Å². The number of carbonyl (C=O) groups excluding carboxylic acids is 1. The Bertz CT molecular complexity index is 1010. The number of ether oxygens (including phenoxy) is 1.